The van der Waals surface area contributed by atoms with Gasteiger partial charge in [-0.25, -0.2) is 0 Å². The van der Waals surface area contributed by atoms with Crippen LogP contribution in [0.15, 0.2) is 48.5 Å². The minimum atomic E-state index is -0.582. The summed E-state index contributed by atoms with van der Waals surface area (Å²) in [6.45, 7) is 5.31. The summed E-state index contributed by atoms with van der Waals surface area (Å²) >= 11 is 0. The molecule has 0 spiro atoms. The Hall–Kier alpha value is -2.57. The van der Waals surface area contributed by atoms with Crippen LogP contribution in [-0.4, -0.2) is 54.9 Å². The van der Waals surface area contributed by atoms with Crippen LogP contribution in [-0.2, 0) is 16.1 Å². The molecule has 1 heterocycles. The van der Waals surface area contributed by atoms with E-state index in [4.69, 9.17) is 14.2 Å². The Balaban J connectivity index is 1.48. The number of rotatable bonds is 9. The highest BCUT2D eigenvalue weighted by Gasteiger charge is 2.48. The minimum absolute atomic E-state index is 0.0240. The van der Waals surface area contributed by atoms with Crippen LogP contribution >= 0.6 is 0 Å². The molecule has 1 saturated heterocycles. The number of aliphatic hydroxyl groups excluding tert-OH is 1. The summed E-state index contributed by atoms with van der Waals surface area (Å²) in [5.74, 6) is 1.38. The number of nitrogens with zero attached hydrogens (tertiary/aromatic N) is 1. The molecule has 3 unspecified atom stereocenters. The van der Waals surface area contributed by atoms with Gasteiger partial charge in [-0.05, 0) is 55.9 Å². The molecule has 2 aliphatic rings. The fourth-order valence-electron chi connectivity index (χ4n) is 5.22. The van der Waals surface area contributed by atoms with E-state index in [0.29, 0.717) is 19.7 Å². The standard InChI is InChI=1S/C28H37NO5/c1-20(30)28(2)19-29(27(31)18-33-17-21-9-5-4-6-10-21)16-24(28)22-13-14-25(32-3)26(15-22)34-23-11-7-8-12-23/h4-6,9-10,13-15,20,23-24,30H,7-8,11-12,16-19H2,1-3H3. The third kappa shape index (κ3) is 5.39. The van der Waals surface area contributed by atoms with Gasteiger partial charge in [-0.3, -0.25) is 4.79 Å². The lowest BCUT2D eigenvalue weighted by atomic mass is 9.72. The number of likely N-dealkylation sites (tertiary alicyclic amines) is 1. The second-order valence-electron chi connectivity index (χ2n) is 9.92. The van der Waals surface area contributed by atoms with Crippen molar-refractivity contribution in [1.29, 1.82) is 0 Å². The molecule has 0 bridgehead atoms. The van der Waals surface area contributed by atoms with Crippen LogP contribution in [0.1, 0.15) is 56.6 Å². The number of benzene rings is 2. The zero-order valence-electron chi connectivity index (χ0n) is 20.5. The zero-order chi connectivity index (χ0) is 24.1. The van der Waals surface area contributed by atoms with E-state index in [-0.39, 0.29) is 24.5 Å². The highest BCUT2D eigenvalue weighted by atomic mass is 16.5. The topological polar surface area (TPSA) is 68.2 Å². The normalized spacial score (nSPS) is 23.8. The fraction of sp³-hybridized carbons (Fsp3) is 0.536. The van der Waals surface area contributed by atoms with Gasteiger partial charge in [0.2, 0.25) is 5.91 Å². The Labute approximate surface area is 202 Å². The lowest BCUT2D eigenvalue weighted by Gasteiger charge is -2.34. The van der Waals surface area contributed by atoms with Crippen molar-refractivity contribution in [3.05, 3.63) is 59.7 Å². The van der Waals surface area contributed by atoms with E-state index in [1.807, 2.05) is 60.4 Å². The second kappa shape index (κ2) is 10.8. The van der Waals surface area contributed by atoms with E-state index in [9.17, 15) is 9.90 Å². The molecule has 6 heteroatoms. The second-order valence-corrected chi connectivity index (χ2v) is 9.92. The van der Waals surface area contributed by atoms with E-state index in [2.05, 4.69) is 6.92 Å². The number of carbonyl (C=O) groups excluding carboxylic acids is 1. The first-order valence-electron chi connectivity index (χ1n) is 12.3. The Kier molecular flexibility index (Phi) is 7.79. The summed E-state index contributed by atoms with van der Waals surface area (Å²) in [5, 5.41) is 10.7. The van der Waals surface area contributed by atoms with Crippen molar-refractivity contribution in [3.8, 4) is 11.5 Å². The molecule has 2 aromatic rings. The Bertz CT molecular complexity index is 957. The molecule has 2 aromatic carbocycles. The molecule has 34 heavy (non-hydrogen) atoms. The predicted molar refractivity (Wildman–Crippen MR) is 131 cm³/mol. The van der Waals surface area contributed by atoms with Crippen molar-refractivity contribution in [1.82, 2.24) is 4.90 Å². The summed E-state index contributed by atoms with van der Waals surface area (Å²) in [5.41, 5.74) is 1.61. The number of hydrogen-bond donors (Lipinski definition) is 1. The van der Waals surface area contributed by atoms with Crippen molar-refractivity contribution < 1.29 is 24.1 Å². The van der Waals surface area contributed by atoms with Crippen LogP contribution in [0.25, 0.3) is 0 Å². The van der Waals surface area contributed by atoms with E-state index >= 15 is 0 Å². The van der Waals surface area contributed by atoms with Crippen LogP contribution in [0.5, 0.6) is 11.5 Å². The van der Waals surface area contributed by atoms with Crippen molar-refractivity contribution in [2.24, 2.45) is 5.41 Å². The lowest BCUT2D eigenvalue weighted by Crippen LogP contribution is -2.38. The first-order valence-corrected chi connectivity index (χ1v) is 12.3. The smallest absolute Gasteiger partial charge is 0.248 e. The molecule has 1 amide bonds. The zero-order valence-corrected chi connectivity index (χ0v) is 20.5. The first kappa shape index (κ1) is 24.6. The Morgan fingerprint density at radius 1 is 1.15 bits per heavy atom. The van der Waals surface area contributed by atoms with E-state index in [1.165, 1.54) is 12.8 Å². The summed E-state index contributed by atoms with van der Waals surface area (Å²) in [6, 6.07) is 15.9. The molecular formula is C28H37NO5. The quantitative estimate of drug-likeness (QED) is 0.586. The van der Waals surface area contributed by atoms with Gasteiger partial charge in [0.05, 0.1) is 25.9 Å². The van der Waals surface area contributed by atoms with Gasteiger partial charge in [-0.2, -0.15) is 0 Å². The minimum Gasteiger partial charge on any atom is -0.493 e. The third-order valence-corrected chi connectivity index (χ3v) is 7.56. The van der Waals surface area contributed by atoms with Gasteiger partial charge >= 0.3 is 0 Å². The highest BCUT2D eigenvalue weighted by molar-refractivity contribution is 5.78. The van der Waals surface area contributed by atoms with E-state index in [0.717, 1.165) is 35.5 Å². The monoisotopic (exact) mass is 467 g/mol. The number of ether oxygens (including phenoxy) is 3. The summed E-state index contributed by atoms with van der Waals surface area (Å²) in [4.78, 5) is 14.8. The number of carbonyl (C=O) groups is 1. The molecule has 3 atom stereocenters. The summed E-state index contributed by atoms with van der Waals surface area (Å²) in [7, 11) is 1.65. The van der Waals surface area contributed by atoms with Crippen LogP contribution in [0.3, 0.4) is 0 Å². The van der Waals surface area contributed by atoms with E-state index < -0.39 is 11.5 Å². The maximum Gasteiger partial charge on any atom is 0.248 e. The molecule has 6 nitrogen and oxygen atoms in total. The maximum atomic E-state index is 13.0. The average Bonchev–Trinajstić information content (AvgIpc) is 3.48. The molecule has 184 valence electrons. The van der Waals surface area contributed by atoms with Crippen molar-refractivity contribution >= 4 is 5.91 Å². The van der Waals surface area contributed by atoms with Gasteiger partial charge in [-0.15, -0.1) is 0 Å². The number of amides is 1. The third-order valence-electron chi connectivity index (χ3n) is 7.56. The molecule has 1 aliphatic heterocycles. The number of methoxy groups -OCH3 is 1. The molecule has 1 N–H and O–H groups in total. The SMILES string of the molecule is COc1ccc(C2CN(C(=O)COCc3ccccc3)CC2(C)C(C)O)cc1OC1CCCC1. The first-order chi connectivity index (χ1) is 16.4. The fourth-order valence-corrected chi connectivity index (χ4v) is 5.22. The Morgan fingerprint density at radius 2 is 1.88 bits per heavy atom. The number of hydrogen-bond acceptors (Lipinski definition) is 5. The highest BCUT2D eigenvalue weighted by Crippen LogP contribution is 2.47. The van der Waals surface area contributed by atoms with Crippen molar-refractivity contribution in [2.75, 3.05) is 26.8 Å². The van der Waals surface area contributed by atoms with Crippen molar-refractivity contribution in [3.63, 3.8) is 0 Å². The average molecular weight is 468 g/mol. The van der Waals surface area contributed by atoms with Crippen LogP contribution in [0, 0.1) is 5.41 Å². The molecule has 0 aromatic heterocycles. The van der Waals surface area contributed by atoms with Crippen LogP contribution < -0.4 is 9.47 Å². The number of aliphatic hydroxyl groups is 1. The molecule has 1 saturated carbocycles. The van der Waals surface area contributed by atoms with Gasteiger partial charge < -0.3 is 24.2 Å². The summed E-state index contributed by atoms with van der Waals surface area (Å²) in [6.07, 6.45) is 4.15. The van der Waals surface area contributed by atoms with Gasteiger partial charge in [-0.1, -0.05) is 43.3 Å². The molecule has 0 radical (unpaired) electrons. The maximum absolute atomic E-state index is 13.0. The van der Waals surface area contributed by atoms with Crippen molar-refractivity contribution in [2.45, 2.75) is 64.3 Å². The molecule has 1 aliphatic carbocycles. The lowest BCUT2D eigenvalue weighted by molar-refractivity contribution is -0.136. The Morgan fingerprint density at radius 3 is 2.56 bits per heavy atom. The van der Waals surface area contributed by atoms with Crippen LogP contribution in [0.4, 0.5) is 0 Å². The van der Waals surface area contributed by atoms with Crippen LogP contribution in [0.2, 0.25) is 0 Å². The van der Waals surface area contributed by atoms with E-state index in [1.54, 1.807) is 7.11 Å². The molecular weight excluding hydrogens is 430 g/mol. The predicted octanol–water partition coefficient (Wildman–Crippen LogP) is 4.55. The summed E-state index contributed by atoms with van der Waals surface area (Å²) < 4.78 is 17.6. The largest absolute Gasteiger partial charge is 0.493 e. The van der Waals surface area contributed by atoms with Gasteiger partial charge in [0, 0.05) is 24.4 Å². The van der Waals surface area contributed by atoms with Gasteiger partial charge in [0.15, 0.2) is 11.5 Å². The molecule has 2 fully saturated rings. The molecule has 4 rings (SSSR count). The van der Waals surface area contributed by atoms with Gasteiger partial charge in [0.25, 0.3) is 0 Å². The van der Waals surface area contributed by atoms with Gasteiger partial charge in [0.1, 0.15) is 6.61 Å².